The molecule has 0 aliphatic rings. The molecule has 15 heteroatoms. The molecule has 4 rings (SSSR count). The summed E-state index contributed by atoms with van der Waals surface area (Å²) < 4.78 is 44.3. The fourth-order valence-corrected chi connectivity index (χ4v) is 4.17. The van der Waals surface area contributed by atoms with Crippen molar-refractivity contribution in [3.05, 3.63) is 75.3 Å². The van der Waals surface area contributed by atoms with Crippen LogP contribution in [0.3, 0.4) is 0 Å². The highest BCUT2D eigenvalue weighted by molar-refractivity contribution is 7.13. The van der Waals surface area contributed by atoms with Gasteiger partial charge in [-0.15, -0.1) is 11.3 Å². The van der Waals surface area contributed by atoms with Gasteiger partial charge in [0.1, 0.15) is 27.7 Å². The lowest BCUT2D eigenvalue weighted by Crippen LogP contribution is -2.27. The average Bonchev–Trinajstić information content (AvgIpc) is 3.40. The van der Waals surface area contributed by atoms with Crippen molar-refractivity contribution in [2.45, 2.75) is 19.1 Å². The lowest BCUT2D eigenvalue weighted by Gasteiger charge is -2.11. The van der Waals surface area contributed by atoms with E-state index in [1.165, 1.54) is 25.7 Å². The van der Waals surface area contributed by atoms with E-state index < -0.39 is 34.6 Å². The van der Waals surface area contributed by atoms with E-state index in [0.29, 0.717) is 28.2 Å². The van der Waals surface area contributed by atoms with Gasteiger partial charge in [0.2, 0.25) is 5.88 Å². The van der Waals surface area contributed by atoms with Gasteiger partial charge in [-0.3, -0.25) is 9.59 Å². The second-order valence-electron chi connectivity index (χ2n) is 7.63. The van der Waals surface area contributed by atoms with Gasteiger partial charge in [0.25, 0.3) is 11.8 Å². The molecule has 0 aromatic carbocycles. The largest absolute Gasteiger partial charge is 0.481 e. The van der Waals surface area contributed by atoms with E-state index in [1.807, 2.05) is 0 Å². The second-order valence-corrected chi connectivity index (χ2v) is 9.10. The van der Waals surface area contributed by atoms with E-state index in [-0.39, 0.29) is 16.4 Å². The fourth-order valence-electron chi connectivity index (χ4n) is 3.15. The fraction of sp³-hybridized carbons (Fsp3) is 0.174. The predicted octanol–water partition coefficient (Wildman–Crippen LogP) is 4.81. The molecule has 2 amide bonds. The number of hydrogen-bond donors (Lipinski definition) is 2. The molecule has 0 aliphatic carbocycles. The predicted molar refractivity (Wildman–Crippen MR) is 132 cm³/mol. The van der Waals surface area contributed by atoms with Crippen molar-refractivity contribution in [3.8, 4) is 17.1 Å². The van der Waals surface area contributed by atoms with Crippen LogP contribution in [-0.2, 0) is 6.18 Å². The zero-order valence-electron chi connectivity index (χ0n) is 19.6. The van der Waals surface area contributed by atoms with Crippen LogP contribution in [0.15, 0.2) is 49.2 Å². The van der Waals surface area contributed by atoms with Crippen LogP contribution in [0.5, 0.6) is 5.88 Å². The number of nitrogens with zero attached hydrogens (tertiary/aromatic N) is 5. The summed E-state index contributed by atoms with van der Waals surface area (Å²) in [6.45, 7) is 1.66. The maximum absolute atomic E-state index is 13.1. The van der Waals surface area contributed by atoms with Crippen molar-refractivity contribution in [1.29, 1.82) is 0 Å². The van der Waals surface area contributed by atoms with Gasteiger partial charge in [-0.05, 0) is 25.1 Å². The number of amides is 2. The molecule has 0 fully saturated rings. The number of methoxy groups -OCH3 is 1. The van der Waals surface area contributed by atoms with Crippen LogP contribution in [0, 0.1) is 0 Å². The van der Waals surface area contributed by atoms with Crippen LogP contribution in [0.4, 0.5) is 19.0 Å². The van der Waals surface area contributed by atoms with Crippen molar-refractivity contribution >= 4 is 40.6 Å². The summed E-state index contributed by atoms with van der Waals surface area (Å²) in [6, 6.07) is 4.91. The van der Waals surface area contributed by atoms with Crippen LogP contribution in [-0.4, -0.2) is 43.8 Å². The summed E-state index contributed by atoms with van der Waals surface area (Å²) in [5, 5.41) is 4.83. The minimum absolute atomic E-state index is 0.0985. The Hall–Kier alpha value is -4.17. The lowest BCUT2D eigenvalue weighted by atomic mass is 10.1. The van der Waals surface area contributed by atoms with Crippen molar-refractivity contribution in [3.63, 3.8) is 0 Å². The van der Waals surface area contributed by atoms with Gasteiger partial charge >= 0.3 is 6.18 Å². The molecular formula is C23H17ClF3N7O3S. The number of rotatable bonds is 7. The number of aromatic nitrogens is 5. The molecule has 0 aliphatic heterocycles. The number of pyridine rings is 2. The molecular weight excluding hydrogens is 547 g/mol. The van der Waals surface area contributed by atoms with Gasteiger partial charge in [0.15, 0.2) is 0 Å². The standard InChI is InChI=1S/C23H17ClF3N7O3S/c1-11(33-20(35)16-7-15(31-10-32-16)12-3-4-28-19(5-12)37-2)22-30-9-17(38-22)21(36)34-18-6-13(23(25,26)27)14(24)8-29-18/h3-11H,1-2H3,(H,33,35)(H,29,34,36). The number of ether oxygens (including phenoxy) is 1. The molecule has 4 heterocycles. The van der Waals surface area contributed by atoms with Crippen LogP contribution < -0.4 is 15.4 Å². The first-order chi connectivity index (χ1) is 18.0. The first-order valence-electron chi connectivity index (χ1n) is 10.7. The number of anilines is 1. The Morgan fingerprint density at radius 3 is 2.58 bits per heavy atom. The van der Waals surface area contributed by atoms with Gasteiger partial charge < -0.3 is 15.4 Å². The van der Waals surface area contributed by atoms with E-state index in [1.54, 1.807) is 25.3 Å². The summed E-state index contributed by atoms with van der Waals surface area (Å²) in [5.41, 5.74) is 0.133. The minimum Gasteiger partial charge on any atom is -0.481 e. The van der Waals surface area contributed by atoms with Gasteiger partial charge in [-0.25, -0.2) is 24.9 Å². The van der Waals surface area contributed by atoms with Crippen LogP contribution >= 0.6 is 22.9 Å². The Balaban J connectivity index is 1.43. The molecule has 0 saturated heterocycles. The Morgan fingerprint density at radius 2 is 1.84 bits per heavy atom. The second kappa shape index (κ2) is 11.1. The number of hydrogen-bond acceptors (Lipinski definition) is 9. The first kappa shape index (κ1) is 26.9. The quantitative estimate of drug-likeness (QED) is 0.327. The molecule has 38 heavy (non-hydrogen) atoms. The first-order valence-corrected chi connectivity index (χ1v) is 11.9. The highest BCUT2D eigenvalue weighted by atomic mass is 35.5. The molecule has 0 spiro atoms. The summed E-state index contributed by atoms with van der Waals surface area (Å²) in [7, 11) is 1.48. The smallest absolute Gasteiger partial charge is 0.418 e. The third-order valence-corrected chi connectivity index (χ3v) is 6.49. The van der Waals surface area contributed by atoms with Crippen LogP contribution in [0.25, 0.3) is 11.3 Å². The number of carbonyl (C=O) groups excluding carboxylic acids is 2. The number of alkyl halides is 3. The highest BCUT2D eigenvalue weighted by Crippen LogP contribution is 2.35. The summed E-state index contributed by atoms with van der Waals surface area (Å²) in [4.78, 5) is 45.5. The molecule has 2 N–H and O–H groups in total. The topological polar surface area (TPSA) is 132 Å². The van der Waals surface area contributed by atoms with Crippen molar-refractivity contribution < 1.29 is 27.5 Å². The highest BCUT2D eigenvalue weighted by Gasteiger charge is 2.34. The summed E-state index contributed by atoms with van der Waals surface area (Å²) >= 11 is 6.51. The SMILES string of the molecule is COc1cc(-c2cc(C(=O)NC(C)c3ncc(C(=O)Nc4cc(C(F)(F)F)c(Cl)cn4)s3)ncn2)ccn1. The molecule has 0 radical (unpaired) electrons. The van der Waals surface area contributed by atoms with Gasteiger partial charge in [-0.1, -0.05) is 11.6 Å². The van der Waals surface area contributed by atoms with Gasteiger partial charge in [0.05, 0.1) is 35.6 Å². The van der Waals surface area contributed by atoms with E-state index >= 15 is 0 Å². The van der Waals surface area contributed by atoms with E-state index in [0.717, 1.165) is 17.5 Å². The zero-order valence-corrected chi connectivity index (χ0v) is 21.1. The third kappa shape index (κ3) is 6.20. The maximum atomic E-state index is 13.1. The summed E-state index contributed by atoms with van der Waals surface area (Å²) in [5.74, 6) is -1.16. The molecule has 1 atom stereocenters. The average molecular weight is 564 g/mol. The summed E-state index contributed by atoms with van der Waals surface area (Å²) in [6.07, 6.45) is 0.146. The molecule has 0 saturated carbocycles. The van der Waals surface area contributed by atoms with Crippen molar-refractivity contribution in [1.82, 2.24) is 30.2 Å². The number of carbonyl (C=O) groups is 2. The van der Waals surface area contributed by atoms with Crippen molar-refractivity contribution in [2.75, 3.05) is 12.4 Å². The molecule has 4 aromatic heterocycles. The van der Waals surface area contributed by atoms with Crippen LogP contribution in [0.2, 0.25) is 5.02 Å². The zero-order chi connectivity index (χ0) is 27.4. The monoisotopic (exact) mass is 563 g/mol. The third-order valence-electron chi connectivity index (χ3n) is 5.01. The molecule has 1 unspecified atom stereocenters. The normalized spacial score (nSPS) is 12.1. The van der Waals surface area contributed by atoms with Crippen molar-refractivity contribution in [2.24, 2.45) is 0 Å². The van der Waals surface area contributed by atoms with Crippen LogP contribution in [0.1, 0.15) is 43.7 Å². The van der Waals surface area contributed by atoms with Gasteiger partial charge in [0, 0.05) is 24.0 Å². The molecule has 10 nitrogen and oxygen atoms in total. The Kier molecular flexibility index (Phi) is 7.83. The number of thiazole rings is 1. The number of nitrogens with one attached hydrogen (secondary N) is 2. The maximum Gasteiger partial charge on any atom is 0.418 e. The Labute approximate surface area is 222 Å². The van der Waals surface area contributed by atoms with E-state index in [4.69, 9.17) is 16.3 Å². The Morgan fingerprint density at radius 1 is 1.05 bits per heavy atom. The lowest BCUT2D eigenvalue weighted by molar-refractivity contribution is -0.137. The number of halogens is 4. The van der Waals surface area contributed by atoms with Gasteiger partial charge in [-0.2, -0.15) is 13.2 Å². The van der Waals surface area contributed by atoms with E-state index in [2.05, 4.69) is 35.6 Å². The molecule has 0 bridgehead atoms. The minimum atomic E-state index is -4.71. The Bertz CT molecular complexity index is 1500. The molecule has 4 aromatic rings. The molecule has 196 valence electrons. The van der Waals surface area contributed by atoms with E-state index in [9.17, 15) is 22.8 Å².